The zero-order chi connectivity index (χ0) is 15.7. The van der Waals surface area contributed by atoms with Crippen molar-refractivity contribution >= 4 is 11.9 Å². The number of nitrogens with zero attached hydrogens (tertiary/aromatic N) is 1. The molecule has 0 aromatic heterocycles. The summed E-state index contributed by atoms with van der Waals surface area (Å²) in [4.78, 5) is 24.7. The van der Waals surface area contributed by atoms with Gasteiger partial charge in [0.25, 0.3) is 0 Å². The Balaban J connectivity index is 2.28. The SMILES string of the molecule is CCCCCCCC(=O)OC(C)N1C=CC=C(C(N)=O)C1. The molecule has 0 radical (unpaired) electrons. The fraction of sp³-hybridized carbons (Fsp3) is 0.625. The zero-order valence-corrected chi connectivity index (χ0v) is 13.0. The lowest BCUT2D eigenvalue weighted by molar-refractivity contribution is -0.155. The van der Waals surface area contributed by atoms with Crippen molar-refractivity contribution in [2.24, 2.45) is 5.73 Å². The highest BCUT2D eigenvalue weighted by Crippen LogP contribution is 2.13. The smallest absolute Gasteiger partial charge is 0.307 e. The van der Waals surface area contributed by atoms with Crippen LogP contribution in [-0.4, -0.2) is 29.5 Å². The molecule has 0 aliphatic carbocycles. The second kappa shape index (κ2) is 9.21. The van der Waals surface area contributed by atoms with Crippen LogP contribution in [-0.2, 0) is 14.3 Å². The maximum absolute atomic E-state index is 11.8. The molecule has 118 valence electrons. The lowest BCUT2D eigenvalue weighted by Gasteiger charge is -2.29. The third-order valence-corrected chi connectivity index (χ3v) is 3.50. The van der Waals surface area contributed by atoms with Crippen molar-refractivity contribution in [2.45, 2.75) is 58.6 Å². The molecule has 1 rings (SSSR count). The van der Waals surface area contributed by atoms with Gasteiger partial charge in [-0.2, -0.15) is 0 Å². The summed E-state index contributed by atoms with van der Waals surface area (Å²) in [6.07, 6.45) is 10.8. The lowest BCUT2D eigenvalue weighted by atomic mass is 10.1. The summed E-state index contributed by atoms with van der Waals surface area (Å²) in [5.41, 5.74) is 5.77. The molecule has 1 unspecified atom stereocenters. The fourth-order valence-corrected chi connectivity index (χ4v) is 2.17. The van der Waals surface area contributed by atoms with Gasteiger partial charge in [-0.25, -0.2) is 0 Å². The normalized spacial score (nSPS) is 15.5. The molecule has 1 aliphatic heterocycles. The van der Waals surface area contributed by atoms with E-state index in [-0.39, 0.29) is 5.97 Å². The van der Waals surface area contributed by atoms with Gasteiger partial charge < -0.3 is 15.4 Å². The molecule has 0 aromatic carbocycles. The minimum absolute atomic E-state index is 0.192. The number of nitrogens with two attached hydrogens (primary N) is 1. The molecule has 1 atom stereocenters. The first-order chi connectivity index (χ1) is 10.0. The van der Waals surface area contributed by atoms with Gasteiger partial charge in [-0.15, -0.1) is 0 Å². The number of ether oxygens (including phenoxy) is 1. The van der Waals surface area contributed by atoms with E-state index in [1.54, 1.807) is 30.2 Å². The molecule has 2 N–H and O–H groups in total. The van der Waals surface area contributed by atoms with Gasteiger partial charge >= 0.3 is 5.97 Å². The summed E-state index contributed by atoms with van der Waals surface area (Å²) >= 11 is 0. The molecular formula is C16H26N2O3. The first-order valence-electron chi connectivity index (χ1n) is 7.67. The number of allylic oxidation sites excluding steroid dienone is 2. The van der Waals surface area contributed by atoms with Crippen LogP contribution in [0.3, 0.4) is 0 Å². The number of hydrogen-bond donors (Lipinski definition) is 1. The summed E-state index contributed by atoms with van der Waals surface area (Å²) in [6.45, 7) is 4.33. The van der Waals surface area contributed by atoms with Crippen LogP contribution in [0.25, 0.3) is 0 Å². The number of hydrogen-bond acceptors (Lipinski definition) is 4. The van der Waals surface area contributed by atoms with Crippen LogP contribution in [0.1, 0.15) is 52.4 Å². The third kappa shape index (κ3) is 6.47. The Morgan fingerprint density at radius 3 is 2.71 bits per heavy atom. The van der Waals surface area contributed by atoms with Crippen LogP contribution in [0.5, 0.6) is 0 Å². The number of primary amides is 1. The molecule has 21 heavy (non-hydrogen) atoms. The van der Waals surface area contributed by atoms with E-state index in [0.29, 0.717) is 18.5 Å². The molecule has 1 aliphatic rings. The molecule has 1 amide bonds. The van der Waals surface area contributed by atoms with Gasteiger partial charge in [-0.1, -0.05) is 38.7 Å². The largest absolute Gasteiger partial charge is 0.442 e. The molecule has 5 nitrogen and oxygen atoms in total. The summed E-state index contributed by atoms with van der Waals surface area (Å²) in [7, 11) is 0. The predicted octanol–water partition coefficient (Wildman–Crippen LogP) is 2.48. The first kappa shape index (κ1) is 17.3. The lowest BCUT2D eigenvalue weighted by Crippen LogP contribution is -2.37. The Hall–Kier alpha value is -1.78. The van der Waals surface area contributed by atoms with Gasteiger partial charge in [-0.3, -0.25) is 9.59 Å². The van der Waals surface area contributed by atoms with E-state index in [1.807, 2.05) is 0 Å². The van der Waals surface area contributed by atoms with Crippen molar-refractivity contribution in [3.05, 3.63) is 23.9 Å². The van der Waals surface area contributed by atoms with E-state index in [2.05, 4.69) is 6.92 Å². The van der Waals surface area contributed by atoms with E-state index >= 15 is 0 Å². The maximum atomic E-state index is 11.8. The van der Waals surface area contributed by atoms with Crippen LogP contribution in [0, 0.1) is 0 Å². The van der Waals surface area contributed by atoms with Crippen molar-refractivity contribution in [1.29, 1.82) is 0 Å². The summed E-state index contributed by atoms with van der Waals surface area (Å²) in [5, 5.41) is 0. The second-order valence-corrected chi connectivity index (χ2v) is 5.32. The van der Waals surface area contributed by atoms with Gasteiger partial charge in [-0.05, 0) is 19.4 Å². The topological polar surface area (TPSA) is 72.6 Å². The Morgan fingerprint density at radius 1 is 1.33 bits per heavy atom. The molecule has 1 heterocycles. The van der Waals surface area contributed by atoms with Gasteiger partial charge in [0.05, 0.1) is 6.54 Å². The number of esters is 1. The van der Waals surface area contributed by atoms with E-state index in [9.17, 15) is 9.59 Å². The highest BCUT2D eigenvalue weighted by Gasteiger charge is 2.19. The standard InChI is InChI=1S/C16H26N2O3/c1-3-4-5-6-7-10-15(19)21-13(2)18-11-8-9-14(12-18)16(17)20/h8-9,11,13H,3-7,10,12H2,1-2H3,(H2,17,20). The van der Waals surface area contributed by atoms with Crippen molar-refractivity contribution < 1.29 is 14.3 Å². The molecule has 5 heteroatoms. The highest BCUT2D eigenvalue weighted by atomic mass is 16.6. The molecule has 0 saturated carbocycles. The van der Waals surface area contributed by atoms with Crippen LogP contribution in [0.2, 0.25) is 0 Å². The molecule has 0 spiro atoms. The van der Waals surface area contributed by atoms with Gasteiger partial charge in [0.2, 0.25) is 5.91 Å². The minimum Gasteiger partial charge on any atom is -0.442 e. The third-order valence-electron chi connectivity index (χ3n) is 3.50. The molecule has 0 bridgehead atoms. The molecule has 0 fully saturated rings. The van der Waals surface area contributed by atoms with Crippen molar-refractivity contribution in [2.75, 3.05) is 6.54 Å². The van der Waals surface area contributed by atoms with Gasteiger partial charge in [0.15, 0.2) is 6.23 Å². The Bertz CT molecular complexity index is 416. The predicted molar refractivity (Wildman–Crippen MR) is 82.1 cm³/mol. The van der Waals surface area contributed by atoms with Crippen molar-refractivity contribution in [3.8, 4) is 0 Å². The first-order valence-corrected chi connectivity index (χ1v) is 7.67. The number of rotatable bonds is 9. The summed E-state index contributed by atoms with van der Waals surface area (Å²) in [5.74, 6) is -0.638. The van der Waals surface area contributed by atoms with Crippen LogP contribution in [0.4, 0.5) is 0 Å². The Morgan fingerprint density at radius 2 is 2.05 bits per heavy atom. The molecule has 0 aromatic rings. The quantitative estimate of drug-likeness (QED) is 0.524. The Kier molecular flexibility index (Phi) is 7.58. The maximum Gasteiger partial charge on any atom is 0.307 e. The second-order valence-electron chi connectivity index (χ2n) is 5.32. The monoisotopic (exact) mass is 294 g/mol. The number of carbonyl (C=O) groups is 2. The minimum atomic E-state index is -0.446. The average Bonchev–Trinajstić information content (AvgIpc) is 2.47. The summed E-state index contributed by atoms with van der Waals surface area (Å²) < 4.78 is 5.38. The number of carbonyl (C=O) groups excluding carboxylic acids is 2. The van der Waals surface area contributed by atoms with Crippen molar-refractivity contribution in [3.63, 3.8) is 0 Å². The van der Waals surface area contributed by atoms with E-state index in [4.69, 9.17) is 10.5 Å². The van der Waals surface area contributed by atoms with E-state index < -0.39 is 12.1 Å². The fourth-order valence-electron chi connectivity index (χ4n) is 2.17. The summed E-state index contributed by atoms with van der Waals surface area (Å²) in [6, 6.07) is 0. The number of unbranched alkanes of at least 4 members (excludes halogenated alkanes) is 4. The number of amides is 1. The van der Waals surface area contributed by atoms with Crippen LogP contribution >= 0.6 is 0 Å². The average molecular weight is 294 g/mol. The van der Waals surface area contributed by atoms with Gasteiger partial charge in [0, 0.05) is 18.2 Å². The molecular weight excluding hydrogens is 268 g/mol. The highest BCUT2D eigenvalue weighted by molar-refractivity contribution is 5.92. The van der Waals surface area contributed by atoms with Crippen LogP contribution < -0.4 is 5.73 Å². The van der Waals surface area contributed by atoms with E-state index in [0.717, 1.165) is 12.8 Å². The van der Waals surface area contributed by atoms with E-state index in [1.165, 1.54) is 19.3 Å². The molecule has 0 saturated heterocycles. The Labute approximate surface area is 126 Å². The van der Waals surface area contributed by atoms with Crippen LogP contribution in [0.15, 0.2) is 23.9 Å². The van der Waals surface area contributed by atoms with Gasteiger partial charge in [0.1, 0.15) is 0 Å². The zero-order valence-electron chi connectivity index (χ0n) is 13.0. The van der Waals surface area contributed by atoms with Crippen molar-refractivity contribution in [1.82, 2.24) is 4.90 Å².